The van der Waals surface area contributed by atoms with Crippen molar-refractivity contribution in [1.82, 2.24) is 4.90 Å². The van der Waals surface area contributed by atoms with E-state index in [0.717, 1.165) is 6.08 Å². The second kappa shape index (κ2) is 7.25. The average molecular weight is 280 g/mol. The van der Waals surface area contributed by atoms with Gasteiger partial charge in [0.15, 0.2) is 5.75 Å². The number of carboxylic acid groups (broad SMARTS) is 1. The molecule has 0 saturated heterocycles. The summed E-state index contributed by atoms with van der Waals surface area (Å²) in [5.41, 5.74) is 0.246. The molecule has 1 rings (SSSR count). The highest BCUT2D eigenvalue weighted by molar-refractivity contribution is 5.85. The van der Waals surface area contributed by atoms with Crippen molar-refractivity contribution in [2.75, 3.05) is 27.2 Å². The van der Waals surface area contributed by atoms with E-state index in [1.54, 1.807) is 6.07 Å². The van der Waals surface area contributed by atoms with E-state index < -0.39 is 10.9 Å². The maximum atomic E-state index is 11.0. The number of carbonyl (C=O) groups is 1. The molecule has 0 spiro atoms. The Morgan fingerprint density at radius 2 is 2.20 bits per heavy atom. The zero-order chi connectivity index (χ0) is 15.1. The van der Waals surface area contributed by atoms with Gasteiger partial charge in [0.1, 0.15) is 6.61 Å². The molecule has 0 saturated carbocycles. The van der Waals surface area contributed by atoms with Crippen LogP contribution < -0.4 is 4.74 Å². The van der Waals surface area contributed by atoms with Gasteiger partial charge < -0.3 is 14.7 Å². The van der Waals surface area contributed by atoms with Crippen LogP contribution in [0.1, 0.15) is 5.56 Å². The summed E-state index contributed by atoms with van der Waals surface area (Å²) < 4.78 is 5.37. The summed E-state index contributed by atoms with van der Waals surface area (Å²) in [5.74, 6) is -0.941. The van der Waals surface area contributed by atoms with Gasteiger partial charge in [0.2, 0.25) is 0 Å². The van der Waals surface area contributed by atoms with Crippen molar-refractivity contribution < 1.29 is 19.6 Å². The first-order chi connectivity index (χ1) is 9.40. The number of nitro groups is 1. The summed E-state index contributed by atoms with van der Waals surface area (Å²) >= 11 is 0. The van der Waals surface area contributed by atoms with Gasteiger partial charge in [-0.25, -0.2) is 4.79 Å². The van der Waals surface area contributed by atoms with E-state index in [1.807, 2.05) is 19.0 Å². The number of benzene rings is 1. The van der Waals surface area contributed by atoms with E-state index in [9.17, 15) is 14.9 Å². The van der Waals surface area contributed by atoms with Gasteiger partial charge in [-0.3, -0.25) is 10.1 Å². The third-order valence-electron chi connectivity index (χ3n) is 2.39. The Balaban J connectivity index is 2.90. The van der Waals surface area contributed by atoms with Crippen LogP contribution in [0.2, 0.25) is 0 Å². The minimum absolute atomic E-state index is 0.171. The highest BCUT2D eigenvalue weighted by atomic mass is 16.6. The Bertz CT molecular complexity index is 525. The fraction of sp³-hybridized carbons (Fsp3) is 0.308. The maximum Gasteiger partial charge on any atom is 0.328 e. The number of carboxylic acids is 1. The lowest BCUT2D eigenvalue weighted by Crippen LogP contribution is -2.19. The number of nitrogens with zero attached hydrogens (tertiary/aromatic N) is 2. The predicted molar refractivity (Wildman–Crippen MR) is 73.8 cm³/mol. The molecule has 0 aliphatic rings. The van der Waals surface area contributed by atoms with Gasteiger partial charge in [-0.05, 0) is 31.8 Å². The topological polar surface area (TPSA) is 92.9 Å². The standard InChI is InChI=1S/C13H16N2O5/c1-14(2)7-8-20-12-5-3-10(4-6-13(16)17)9-11(12)15(18)19/h3-6,9H,7-8H2,1-2H3,(H,16,17)/b6-4-. The predicted octanol–water partition coefficient (Wildman–Crippen LogP) is 1.63. The zero-order valence-electron chi connectivity index (χ0n) is 11.3. The van der Waals surface area contributed by atoms with Crippen molar-refractivity contribution in [2.45, 2.75) is 0 Å². The Morgan fingerprint density at radius 1 is 1.50 bits per heavy atom. The molecular formula is C13H16N2O5. The number of hydrogen-bond donors (Lipinski definition) is 1. The van der Waals surface area contributed by atoms with Gasteiger partial charge in [-0.1, -0.05) is 6.07 Å². The van der Waals surface area contributed by atoms with Crippen molar-refractivity contribution >= 4 is 17.7 Å². The monoisotopic (exact) mass is 280 g/mol. The molecule has 0 aliphatic carbocycles. The summed E-state index contributed by atoms with van der Waals surface area (Å²) in [6, 6.07) is 4.32. The normalized spacial score (nSPS) is 10.9. The van der Waals surface area contributed by atoms with Crippen LogP contribution in [-0.2, 0) is 4.79 Å². The molecule has 1 aromatic rings. The lowest BCUT2D eigenvalue weighted by atomic mass is 10.1. The van der Waals surface area contributed by atoms with Crippen molar-refractivity contribution in [3.05, 3.63) is 40.0 Å². The molecule has 1 N–H and O–H groups in total. The minimum atomic E-state index is -1.11. The van der Waals surface area contributed by atoms with Gasteiger partial charge in [0, 0.05) is 18.7 Å². The molecule has 0 unspecified atom stereocenters. The molecule has 0 aliphatic heterocycles. The van der Waals surface area contributed by atoms with Crippen LogP contribution in [0.15, 0.2) is 24.3 Å². The number of likely N-dealkylation sites (N-methyl/N-ethyl adjacent to an activating group) is 1. The van der Waals surface area contributed by atoms with Crippen molar-refractivity contribution in [1.29, 1.82) is 0 Å². The Hall–Kier alpha value is -2.41. The molecule has 1 aromatic carbocycles. The molecule has 0 heterocycles. The number of nitro benzene ring substituents is 1. The van der Waals surface area contributed by atoms with Crippen LogP contribution in [0.3, 0.4) is 0 Å². The highest BCUT2D eigenvalue weighted by Crippen LogP contribution is 2.28. The largest absolute Gasteiger partial charge is 0.485 e. The molecule has 20 heavy (non-hydrogen) atoms. The first-order valence-electron chi connectivity index (χ1n) is 5.87. The lowest BCUT2D eigenvalue weighted by Gasteiger charge is -2.11. The quantitative estimate of drug-likeness (QED) is 0.463. The molecule has 0 fully saturated rings. The van der Waals surface area contributed by atoms with E-state index in [1.165, 1.54) is 18.2 Å². The smallest absolute Gasteiger partial charge is 0.328 e. The summed E-state index contributed by atoms with van der Waals surface area (Å²) in [6.45, 7) is 0.968. The Morgan fingerprint density at radius 3 is 2.75 bits per heavy atom. The van der Waals surface area contributed by atoms with Gasteiger partial charge in [0.25, 0.3) is 0 Å². The number of hydrogen-bond acceptors (Lipinski definition) is 5. The van der Waals surface area contributed by atoms with Crippen LogP contribution in [0.4, 0.5) is 5.69 Å². The summed E-state index contributed by atoms with van der Waals surface area (Å²) in [4.78, 5) is 22.7. The van der Waals surface area contributed by atoms with Crippen molar-refractivity contribution in [3.8, 4) is 5.75 Å². The lowest BCUT2D eigenvalue weighted by molar-refractivity contribution is -0.385. The van der Waals surface area contributed by atoms with Gasteiger partial charge >= 0.3 is 11.7 Å². The molecule has 7 nitrogen and oxygen atoms in total. The van der Waals surface area contributed by atoms with Crippen LogP contribution in [0.25, 0.3) is 6.08 Å². The van der Waals surface area contributed by atoms with Crippen LogP contribution in [0.5, 0.6) is 5.75 Å². The Kier molecular flexibility index (Phi) is 5.67. The van der Waals surface area contributed by atoms with E-state index in [0.29, 0.717) is 18.7 Å². The molecule has 108 valence electrons. The van der Waals surface area contributed by atoms with Crippen LogP contribution in [0, 0.1) is 10.1 Å². The highest BCUT2D eigenvalue weighted by Gasteiger charge is 2.15. The summed E-state index contributed by atoms with van der Waals surface area (Å²) in [5, 5.41) is 19.5. The third kappa shape index (κ3) is 5.07. The summed E-state index contributed by atoms with van der Waals surface area (Å²) in [6.07, 6.45) is 2.21. The fourth-order valence-electron chi connectivity index (χ4n) is 1.41. The second-order valence-corrected chi connectivity index (χ2v) is 4.31. The number of aliphatic carboxylic acids is 1. The molecule has 7 heteroatoms. The molecule has 0 amide bonds. The van der Waals surface area contributed by atoms with E-state index >= 15 is 0 Å². The molecular weight excluding hydrogens is 264 g/mol. The van der Waals surface area contributed by atoms with Crippen molar-refractivity contribution in [3.63, 3.8) is 0 Å². The van der Waals surface area contributed by atoms with Crippen LogP contribution in [-0.4, -0.2) is 48.1 Å². The average Bonchev–Trinajstić information content (AvgIpc) is 2.36. The van der Waals surface area contributed by atoms with Gasteiger partial charge in [0.05, 0.1) is 4.92 Å². The molecule has 0 bridgehead atoms. The van der Waals surface area contributed by atoms with E-state index in [2.05, 4.69) is 0 Å². The fourth-order valence-corrected chi connectivity index (χ4v) is 1.41. The SMILES string of the molecule is CN(C)CCOc1ccc(/C=C\C(=O)O)cc1[N+](=O)[O-]. The first-order valence-corrected chi connectivity index (χ1v) is 5.87. The second-order valence-electron chi connectivity index (χ2n) is 4.31. The minimum Gasteiger partial charge on any atom is -0.485 e. The molecule has 0 aromatic heterocycles. The molecule has 0 atom stereocenters. The van der Waals surface area contributed by atoms with Gasteiger partial charge in [-0.2, -0.15) is 0 Å². The number of ether oxygens (including phenoxy) is 1. The Labute approximate surface area is 116 Å². The third-order valence-corrected chi connectivity index (χ3v) is 2.39. The van der Waals surface area contributed by atoms with E-state index in [-0.39, 0.29) is 11.4 Å². The first kappa shape index (κ1) is 15.6. The zero-order valence-corrected chi connectivity index (χ0v) is 11.3. The summed E-state index contributed by atoms with van der Waals surface area (Å²) in [7, 11) is 3.75. The van der Waals surface area contributed by atoms with E-state index in [4.69, 9.17) is 9.84 Å². The van der Waals surface area contributed by atoms with Gasteiger partial charge in [-0.15, -0.1) is 0 Å². The van der Waals surface area contributed by atoms with Crippen molar-refractivity contribution in [2.24, 2.45) is 0 Å². The molecule has 0 radical (unpaired) electrons. The van der Waals surface area contributed by atoms with Crippen LogP contribution >= 0.6 is 0 Å². The number of rotatable bonds is 7. The maximum absolute atomic E-state index is 11.0.